The Morgan fingerprint density at radius 3 is 1.82 bits per heavy atom. The van der Waals surface area contributed by atoms with E-state index >= 15 is 0 Å². The summed E-state index contributed by atoms with van der Waals surface area (Å²) in [7, 11) is 0.169. The number of rotatable bonds is 3. The van der Waals surface area contributed by atoms with Crippen LogP contribution in [-0.4, -0.2) is 19.5 Å². The monoisotopic (exact) mass is 276 g/mol. The first-order chi connectivity index (χ1) is 7.13. The fourth-order valence-electron chi connectivity index (χ4n) is 2.21. The maximum absolute atomic E-state index is 2.40. The third-order valence-electron chi connectivity index (χ3n) is 3.11. The van der Waals surface area contributed by atoms with Crippen LogP contribution < -0.4 is 51.4 Å². The van der Waals surface area contributed by atoms with Crippen molar-refractivity contribution in [2.24, 2.45) is 0 Å². The van der Waals surface area contributed by atoms with Crippen molar-refractivity contribution in [3.8, 4) is 0 Å². The average Bonchev–Trinajstić information content (AvgIpc) is 2.47. The molecular formula is C15H26KP. The summed E-state index contributed by atoms with van der Waals surface area (Å²) < 4.78 is 0. The summed E-state index contributed by atoms with van der Waals surface area (Å²) in [6.07, 6.45) is 1.32. The molecule has 0 spiro atoms. The summed E-state index contributed by atoms with van der Waals surface area (Å²) >= 11 is 0. The minimum absolute atomic E-state index is 0. The number of hydrogen-bond donors (Lipinski definition) is 0. The van der Waals surface area contributed by atoms with Crippen LogP contribution >= 0.6 is 7.92 Å². The molecule has 0 radical (unpaired) electrons. The van der Waals surface area contributed by atoms with Gasteiger partial charge in [0.05, 0.1) is 0 Å². The molecule has 1 rings (SSSR count). The first kappa shape index (κ1) is 18.4. The summed E-state index contributed by atoms with van der Waals surface area (Å²) in [5.74, 6) is 0. The van der Waals surface area contributed by atoms with Crippen molar-refractivity contribution in [1.82, 2.24) is 0 Å². The van der Waals surface area contributed by atoms with Crippen molar-refractivity contribution in [3.05, 3.63) is 29.3 Å². The van der Waals surface area contributed by atoms with E-state index in [2.05, 4.69) is 66.1 Å². The minimum Gasteiger partial charge on any atom is -0.210 e. The predicted octanol–water partition coefficient (Wildman–Crippen LogP) is 1.73. The molecule has 0 aromatic heterocycles. The van der Waals surface area contributed by atoms with Gasteiger partial charge in [0.1, 0.15) is 0 Å². The van der Waals surface area contributed by atoms with Crippen molar-refractivity contribution in [2.45, 2.75) is 45.4 Å². The van der Waals surface area contributed by atoms with Crippen LogP contribution in [0.25, 0.3) is 0 Å². The van der Waals surface area contributed by atoms with E-state index in [1.54, 1.807) is 0 Å². The topological polar surface area (TPSA) is 0 Å². The largest absolute Gasteiger partial charge is 1.00 e. The van der Waals surface area contributed by atoms with Gasteiger partial charge in [-0.05, 0) is 30.3 Å². The van der Waals surface area contributed by atoms with Gasteiger partial charge in [0.15, 0.2) is 0 Å². The van der Waals surface area contributed by atoms with Gasteiger partial charge in [-0.3, -0.25) is 0 Å². The zero-order valence-corrected chi connectivity index (χ0v) is 16.9. The Labute approximate surface area is 151 Å². The molecule has 0 saturated heterocycles. The van der Waals surface area contributed by atoms with E-state index in [-0.39, 0.29) is 64.7 Å². The van der Waals surface area contributed by atoms with Crippen LogP contribution in [0.2, 0.25) is 0 Å². The van der Waals surface area contributed by atoms with Gasteiger partial charge < -0.3 is 0 Å². The number of hydrogen-bond acceptors (Lipinski definition) is 0. The van der Waals surface area contributed by atoms with E-state index in [1.807, 2.05) is 0 Å². The van der Waals surface area contributed by atoms with E-state index in [4.69, 9.17) is 0 Å². The molecule has 92 valence electrons. The van der Waals surface area contributed by atoms with Crippen molar-refractivity contribution < 1.29 is 51.4 Å². The summed E-state index contributed by atoms with van der Waals surface area (Å²) in [6.45, 7) is 16.3. The summed E-state index contributed by atoms with van der Waals surface area (Å²) in [6, 6.07) is 7.02. The van der Waals surface area contributed by atoms with Gasteiger partial charge >= 0.3 is 51.4 Å². The molecular weight excluding hydrogens is 250 g/mol. The van der Waals surface area contributed by atoms with Crippen LogP contribution in [0.1, 0.15) is 45.7 Å². The Morgan fingerprint density at radius 2 is 1.47 bits per heavy atom. The van der Waals surface area contributed by atoms with Crippen LogP contribution in [0.15, 0.2) is 18.2 Å². The van der Waals surface area contributed by atoms with Gasteiger partial charge in [-0.15, -0.1) is 7.92 Å². The quantitative estimate of drug-likeness (QED) is 0.448. The molecule has 0 heterocycles. The fourth-order valence-corrected chi connectivity index (χ4v) is 3.98. The van der Waals surface area contributed by atoms with Crippen LogP contribution in [0.4, 0.5) is 0 Å². The van der Waals surface area contributed by atoms with Crippen molar-refractivity contribution in [1.29, 1.82) is 0 Å². The fraction of sp³-hybridized carbons (Fsp3) is 0.667. The molecule has 2 heteroatoms. The molecule has 0 saturated carbocycles. The average molecular weight is 276 g/mol. The Balaban J connectivity index is 0.00000256. The molecule has 1 aromatic rings. The van der Waals surface area contributed by atoms with Crippen molar-refractivity contribution in [3.63, 3.8) is 0 Å². The van der Waals surface area contributed by atoms with Crippen molar-refractivity contribution >= 4 is 7.92 Å². The van der Waals surface area contributed by atoms with Gasteiger partial charge in [-0.25, -0.2) is 12.1 Å². The molecule has 0 aliphatic carbocycles. The first-order valence-corrected chi connectivity index (χ1v) is 8.47. The van der Waals surface area contributed by atoms with Gasteiger partial charge in [0.25, 0.3) is 0 Å². The summed E-state index contributed by atoms with van der Waals surface area (Å²) in [5, 5.41) is 0. The zero-order valence-electron chi connectivity index (χ0n) is 12.9. The second-order valence-corrected chi connectivity index (χ2v) is 9.24. The van der Waals surface area contributed by atoms with E-state index in [1.165, 1.54) is 17.3 Å². The summed E-state index contributed by atoms with van der Waals surface area (Å²) in [5.41, 5.74) is 3.58. The Bertz CT molecular complexity index is 342. The Hall–Kier alpha value is 1.42. The third kappa shape index (κ3) is 5.51. The molecule has 0 nitrogen and oxygen atoms in total. The molecule has 17 heavy (non-hydrogen) atoms. The molecule has 0 aliphatic rings. The smallest absolute Gasteiger partial charge is 0.210 e. The van der Waals surface area contributed by atoms with Crippen LogP contribution in [-0.2, 0) is 10.8 Å². The SMILES string of the molecule is CP(C)CC(C)(C)c1ccc(C(C)(C)C)[cH-]1.[K+]. The van der Waals surface area contributed by atoms with Crippen molar-refractivity contribution in [2.75, 3.05) is 19.5 Å². The van der Waals surface area contributed by atoms with Crippen LogP contribution in [0, 0.1) is 0 Å². The molecule has 0 bridgehead atoms. The normalized spacial score (nSPS) is 12.7. The maximum Gasteiger partial charge on any atom is 1.00 e. The van der Waals surface area contributed by atoms with Gasteiger partial charge in [-0.1, -0.05) is 34.6 Å². The molecule has 0 amide bonds. The Kier molecular flexibility index (Phi) is 7.29. The second kappa shape index (κ2) is 6.73. The van der Waals surface area contributed by atoms with E-state index in [0.717, 1.165) is 0 Å². The van der Waals surface area contributed by atoms with Crippen LogP contribution in [0.3, 0.4) is 0 Å². The van der Waals surface area contributed by atoms with Gasteiger partial charge in [0, 0.05) is 0 Å². The van der Waals surface area contributed by atoms with Gasteiger partial charge in [0.2, 0.25) is 0 Å². The molecule has 0 atom stereocenters. The zero-order chi connectivity index (χ0) is 12.6. The molecule has 0 unspecified atom stereocenters. The predicted molar refractivity (Wildman–Crippen MR) is 77.4 cm³/mol. The third-order valence-corrected chi connectivity index (χ3v) is 4.54. The Morgan fingerprint density at radius 1 is 1.00 bits per heavy atom. The van der Waals surface area contributed by atoms with E-state index < -0.39 is 0 Å². The summed E-state index contributed by atoms with van der Waals surface area (Å²) in [4.78, 5) is 0. The molecule has 0 N–H and O–H groups in total. The maximum atomic E-state index is 2.40. The van der Waals surface area contributed by atoms with Crippen LogP contribution in [0.5, 0.6) is 0 Å². The van der Waals surface area contributed by atoms with Gasteiger partial charge in [-0.2, -0.15) is 17.2 Å². The minimum atomic E-state index is 0. The van der Waals surface area contributed by atoms with E-state index in [0.29, 0.717) is 5.41 Å². The second-order valence-electron chi connectivity index (χ2n) is 6.76. The first-order valence-electron chi connectivity index (χ1n) is 6.05. The molecule has 0 aliphatic heterocycles. The molecule has 0 fully saturated rings. The molecule has 1 aromatic carbocycles. The standard InChI is InChI=1S/C15H26P.K/c1-14(2,3)12-8-9-13(10-12)15(4,5)11-16(6)7;/h8-10H,11H2,1-7H3;/q-1;+1. The van der Waals surface area contributed by atoms with E-state index in [9.17, 15) is 0 Å².